The molecule has 2 aromatic rings. The Labute approximate surface area is 162 Å². The molecule has 1 aliphatic heterocycles. The third kappa shape index (κ3) is 4.51. The first-order chi connectivity index (χ1) is 13.6. The van der Waals surface area contributed by atoms with Gasteiger partial charge in [0.05, 0.1) is 13.4 Å². The average Bonchev–Trinajstić information content (AvgIpc) is 3.27. The van der Waals surface area contributed by atoms with Crippen molar-refractivity contribution in [1.82, 2.24) is 9.80 Å². The molecule has 3 rings (SSSR count). The van der Waals surface area contributed by atoms with Crippen LogP contribution in [0.25, 0.3) is 0 Å². The van der Waals surface area contributed by atoms with Gasteiger partial charge in [0.2, 0.25) is 0 Å². The lowest BCUT2D eigenvalue weighted by Gasteiger charge is -2.33. The molecule has 1 N–H and O–H groups in total. The van der Waals surface area contributed by atoms with Gasteiger partial charge in [-0.2, -0.15) is 5.26 Å². The average molecular weight is 380 g/mol. The van der Waals surface area contributed by atoms with E-state index in [0.717, 1.165) is 0 Å². The summed E-state index contributed by atoms with van der Waals surface area (Å²) < 4.78 is 10.2. The molecule has 144 valence electrons. The van der Waals surface area contributed by atoms with Crippen LogP contribution < -0.4 is 10.1 Å². The molecule has 8 nitrogen and oxygen atoms in total. The maximum Gasteiger partial charge on any atom is 0.289 e. The van der Waals surface area contributed by atoms with E-state index in [1.54, 1.807) is 48.4 Å². The number of anilines is 1. The van der Waals surface area contributed by atoms with E-state index in [4.69, 9.17) is 9.15 Å². The first kappa shape index (κ1) is 19.0. The number of methoxy groups -OCH3 is 1. The monoisotopic (exact) mass is 380 g/mol. The fraction of sp³-hybridized carbons (Fsp3) is 0.250. The summed E-state index contributed by atoms with van der Waals surface area (Å²) in [6.45, 7) is 2.00. The number of amides is 2. The van der Waals surface area contributed by atoms with Crippen molar-refractivity contribution in [3.63, 3.8) is 0 Å². The van der Waals surface area contributed by atoms with Crippen LogP contribution in [-0.2, 0) is 4.79 Å². The number of nitrogens with zero attached hydrogens (tertiary/aromatic N) is 3. The summed E-state index contributed by atoms with van der Waals surface area (Å²) in [7, 11) is 1.56. The van der Waals surface area contributed by atoms with Gasteiger partial charge in [-0.05, 0) is 36.4 Å². The Kier molecular flexibility index (Phi) is 5.97. The molecular weight excluding hydrogens is 360 g/mol. The second kappa shape index (κ2) is 8.77. The second-order valence-corrected chi connectivity index (χ2v) is 6.14. The predicted molar refractivity (Wildman–Crippen MR) is 102 cm³/mol. The van der Waals surface area contributed by atoms with Gasteiger partial charge in [-0.15, -0.1) is 0 Å². The molecule has 1 saturated heterocycles. The molecular formula is C20H20N4O4. The molecule has 1 aromatic heterocycles. The maximum absolute atomic E-state index is 12.4. The van der Waals surface area contributed by atoms with Crippen molar-refractivity contribution >= 4 is 17.5 Å². The van der Waals surface area contributed by atoms with Crippen molar-refractivity contribution in [2.24, 2.45) is 0 Å². The van der Waals surface area contributed by atoms with E-state index in [1.165, 1.54) is 12.5 Å². The Morgan fingerprint density at radius 1 is 1.18 bits per heavy atom. The van der Waals surface area contributed by atoms with Crippen molar-refractivity contribution in [2.75, 3.05) is 38.6 Å². The van der Waals surface area contributed by atoms with Gasteiger partial charge in [0.15, 0.2) is 5.76 Å². The molecule has 0 spiro atoms. The highest BCUT2D eigenvalue weighted by atomic mass is 16.5. The summed E-state index contributed by atoms with van der Waals surface area (Å²) in [5, 5.41) is 12.0. The van der Waals surface area contributed by atoms with E-state index < -0.39 is 5.91 Å². The Morgan fingerprint density at radius 2 is 1.89 bits per heavy atom. The highest BCUT2D eigenvalue weighted by Crippen LogP contribution is 2.16. The van der Waals surface area contributed by atoms with Crippen LogP contribution in [0.5, 0.6) is 5.75 Å². The molecule has 0 atom stereocenters. The third-order valence-corrected chi connectivity index (χ3v) is 4.36. The van der Waals surface area contributed by atoms with Gasteiger partial charge in [-0.3, -0.25) is 9.59 Å². The summed E-state index contributed by atoms with van der Waals surface area (Å²) in [6.07, 6.45) is 3.00. The van der Waals surface area contributed by atoms with E-state index >= 15 is 0 Å². The van der Waals surface area contributed by atoms with Crippen LogP contribution in [-0.4, -0.2) is 54.9 Å². The van der Waals surface area contributed by atoms with Crippen LogP contribution in [0.1, 0.15) is 10.6 Å². The number of ether oxygens (including phenoxy) is 1. The summed E-state index contributed by atoms with van der Waals surface area (Å²) in [6, 6.07) is 12.1. The highest BCUT2D eigenvalue weighted by molar-refractivity contribution is 6.06. The fourth-order valence-corrected chi connectivity index (χ4v) is 2.80. The van der Waals surface area contributed by atoms with Crippen LogP contribution in [0.3, 0.4) is 0 Å². The van der Waals surface area contributed by atoms with Gasteiger partial charge in [-0.1, -0.05) is 0 Å². The zero-order valence-electron chi connectivity index (χ0n) is 15.4. The van der Waals surface area contributed by atoms with Gasteiger partial charge < -0.3 is 24.3 Å². The van der Waals surface area contributed by atoms with Crippen molar-refractivity contribution in [2.45, 2.75) is 0 Å². The number of carbonyl (C=O) groups excluding carboxylic acids is 2. The molecule has 28 heavy (non-hydrogen) atoms. The largest absolute Gasteiger partial charge is 0.497 e. The normalized spacial score (nSPS) is 14.4. The lowest BCUT2D eigenvalue weighted by atomic mass is 10.2. The first-order valence-electron chi connectivity index (χ1n) is 8.75. The molecule has 0 radical (unpaired) electrons. The number of carbonyl (C=O) groups is 2. The number of nitriles is 1. The van der Waals surface area contributed by atoms with Crippen molar-refractivity contribution in [3.05, 3.63) is 60.2 Å². The minimum Gasteiger partial charge on any atom is -0.497 e. The fourth-order valence-electron chi connectivity index (χ4n) is 2.80. The number of hydrogen-bond donors (Lipinski definition) is 1. The molecule has 2 heterocycles. The van der Waals surface area contributed by atoms with Crippen LogP contribution in [0.2, 0.25) is 0 Å². The van der Waals surface area contributed by atoms with E-state index in [1.807, 2.05) is 11.0 Å². The van der Waals surface area contributed by atoms with Crippen LogP contribution >= 0.6 is 0 Å². The van der Waals surface area contributed by atoms with E-state index in [-0.39, 0.29) is 11.5 Å². The Bertz CT molecular complexity index is 889. The lowest BCUT2D eigenvalue weighted by molar-refractivity contribution is -0.112. The van der Waals surface area contributed by atoms with Gasteiger partial charge in [0, 0.05) is 38.1 Å². The molecule has 1 aliphatic rings. The topological polar surface area (TPSA) is 98.8 Å². The molecule has 1 aromatic carbocycles. The number of piperazine rings is 1. The van der Waals surface area contributed by atoms with E-state index in [9.17, 15) is 14.9 Å². The Morgan fingerprint density at radius 3 is 2.46 bits per heavy atom. The summed E-state index contributed by atoms with van der Waals surface area (Å²) in [4.78, 5) is 28.2. The van der Waals surface area contributed by atoms with E-state index in [0.29, 0.717) is 43.4 Å². The molecule has 1 fully saturated rings. The molecule has 2 amide bonds. The van der Waals surface area contributed by atoms with Crippen LogP contribution in [0.15, 0.2) is 58.9 Å². The van der Waals surface area contributed by atoms with Crippen molar-refractivity contribution in [3.8, 4) is 11.8 Å². The van der Waals surface area contributed by atoms with Gasteiger partial charge in [0.25, 0.3) is 11.8 Å². The smallest absolute Gasteiger partial charge is 0.289 e. The van der Waals surface area contributed by atoms with Gasteiger partial charge in [0.1, 0.15) is 17.4 Å². The number of rotatable bonds is 5. The number of nitrogens with one attached hydrogen (secondary N) is 1. The molecule has 0 aliphatic carbocycles. The quantitative estimate of drug-likeness (QED) is 0.630. The van der Waals surface area contributed by atoms with Crippen molar-refractivity contribution in [1.29, 1.82) is 5.26 Å². The van der Waals surface area contributed by atoms with Crippen LogP contribution in [0.4, 0.5) is 5.69 Å². The zero-order valence-corrected chi connectivity index (χ0v) is 15.4. The number of benzene rings is 1. The van der Waals surface area contributed by atoms with Crippen LogP contribution in [0, 0.1) is 11.3 Å². The SMILES string of the molecule is COc1ccc(NC(=O)/C(C#N)=C\N2CCN(C(=O)c3ccco3)CC2)cc1. The minimum atomic E-state index is -0.484. The minimum absolute atomic E-state index is 0.00151. The second-order valence-electron chi connectivity index (χ2n) is 6.14. The van der Waals surface area contributed by atoms with Crippen molar-refractivity contribution < 1.29 is 18.7 Å². The predicted octanol–water partition coefficient (Wildman–Crippen LogP) is 2.09. The summed E-state index contributed by atoms with van der Waals surface area (Å²) >= 11 is 0. The molecule has 8 heteroatoms. The highest BCUT2D eigenvalue weighted by Gasteiger charge is 2.23. The Hall–Kier alpha value is -3.73. The van der Waals surface area contributed by atoms with Gasteiger partial charge in [-0.25, -0.2) is 0 Å². The standard InChI is InChI=1S/C20H20N4O4/c1-27-17-6-4-16(5-7-17)22-19(25)15(13-21)14-23-8-10-24(11-9-23)20(26)18-3-2-12-28-18/h2-7,12,14H,8-11H2,1H3,(H,22,25)/b15-14-. The summed E-state index contributed by atoms with van der Waals surface area (Å²) in [5.41, 5.74) is 0.572. The maximum atomic E-state index is 12.4. The molecule has 0 unspecified atom stereocenters. The summed E-state index contributed by atoms with van der Waals surface area (Å²) in [5.74, 6) is 0.338. The van der Waals surface area contributed by atoms with E-state index in [2.05, 4.69) is 5.32 Å². The zero-order chi connectivity index (χ0) is 19.9. The lowest BCUT2D eigenvalue weighted by Crippen LogP contribution is -2.47. The molecule has 0 bridgehead atoms. The number of furan rings is 1. The van der Waals surface area contributed by atoms with Gasteiger partial charge >= 0.3 is 0 Å². The third-order valence-electron chi connectivity index (χ3n) is 4.36. The Balaban J connectivity index is 1.57. The first-order valence-corrected chi connectivity index (χ1v) is 8.75. The number of hydrogen-bond acceptors (Lipinski definition) is 6. The molecule has 0 saturated carbocycles.